The standard InChI is InChI=1S/C3H10NO3.H2O/c1-2-3-4(5,6)7;/h5-7H,2-3H2,1H3;1H2/q+1;/p-1. The van der Waals surface area contributed by atoms with Gasteiger partial charge in [-0.3, -0.25) is 0 Å². The zero-order chi connectivity index (χ0) is 5.91. The molecule has 0 aromatic rings. The van der Waals surface area contributed by atoms with Crippen LogP contribution in [0.25, 0.3) is 0 Å². The van der Waals surface area contributed by atoms with Gasteiger partial charge in [-0.05, 0) is 0 Å². The van der Waals surface area contributed by atoms with E-state index in [1.165, 1.54) is 0 Å². The van der Waals surface area contributed by atoms with Gasteiger partial charge in [0.25, 0.3) is 0 Å². The Bertz CT molecular complexity index is 49.7. The Hall–Kier alpha value is -0.200. The largest absolute Gasteiger partial charge is 0.870 e. The SMILES string of the molecule is CCC[N+](O)(O)O.[OH-]. The van der Waals surface area contributed by atoms with Crippen molar-refractivity contribution in [2.45, 2.75) is 13.3 Å². The van der Waals surface area contributed by atoms with Crippen molar-refractivity contribution >= 4 is 0 Å². The zero-order valence-electron chi connectivity index (χ0n) is 4.65. The third kappa shape index (κ3) is 9.25. The summed E-state index contributed by atoms with van der Waals surface area (Å²) in [6, 6.07) is 0. The highest BCUT2D eigenvalue weighted by molar-refractivity contribution is 4.11. The third-order valence-electron chi connectivity index (χ3n) is 0.524. The molecule has 5 heteroatoms. The average molecular weight is 125 g/mol. The Morgan fingerprint density at radius 1 is 1.25 bits per heavy atom. The van der Waals surface area contributed by atoms with Crippen LogP contribution in [0.5, 0.6) is 0 Å². The summed E-state index contributed by atoms with van der Waals surface area (Å²) in [7, 11) is 0. The van der Waals surface area contributed by atoms with E-state index in [2.05, 4.69) is 0 Å². The minimum absolute atomic E-state index is 0. The van der Waals surface area contributed by atoms with E-state index in [1.807, 2.05) is 0 Å². The first-order valence-corrected chi connectivity index (χ1v) is 2.12. The van der Waals surface area contributed by atoms with E-state index in [-0.39, 0.29) is 12.0 Å². The second-order valence-corrected chi connectivity index (χ2v) is 1.42. The molecule has 0 saturated carbocycles. The molecule has 0 radical (unpaired) electrons. The highest BCUT2D eigenvalue weighted by atomic mass is 17.1. The molecule has 0 aliphatic heterocycles. The summed E-state index contributed by atoms with van der Waals surface area (Å²) >= 11 is 0. The molecule has 0 aromatic heterocycles. The minimum Gasteiger partial charge on any atom is -0.870 e. The summed E-state index contributed by atoms with van der Waals surface area (Å²) in [5, 5.41) is 24.2. The van der Waals surface area contributed by atoms with Crippen LogP contribution in [0.15, 0.2) is 0 Å². The lowest BCUT2D eigenvalue weighted by atomic mass is 10.5. The van der Waals surface area contributed by atoms with Crippen molar-refractivity contribution in [3.05, 3.63) is 0 Å². The molecule has 0 rings (SSSR count). The van der Waals surface area contributed by atoms with Crippen molar-refractivity contribution < 1.29 is 26.1 Å². The predicted molar refractivity (Wildman–Crippen MR) is 22.7 cm³/mol. The number of hydroxylamine groups is 3. The van der Waals surface area contributed by atoms with E-state index in [1.54, 1.807) is 6.92 Å². The van der Waals surface area contributed by atoms with Gasteiger partial charge in [0.15, 0.2) is 6.54 Å². The maximum absolute atomic E-state index is 8.07. The van der Waals surface area contributed by atoms with Gasteiger partial charge in [-0.25, -0.2) is 0 Å². The number of nitrogens with zero attached hydrogens (tertiary/aromatic N) is 1. The molecule has 0 saturated heterocycles. The van der Waals surface area contributed by atoms with Crippen LogP contribution in [-0.4, -0.2) is 32.6 Å². The quantitative estimate of drug-likeness (QED) is 0.363. The van der Waals surface area contributed by atoms with E-state index < -0.39 is 4.97 Å². The van der Waals surface area contributed by atoms with E-state index in [9.17, 15) is 0 Å². The molecular weight excluding hydrogens is 114 g/mol. The molecule has 0 fully saturated rings. The molecule has 5 nitrogen and oxygen atoms in total. The van der Waals surface area contributed by atoms with Crippen molar-refractivity contribution in [3.63, 3.8) is 0 Å². The monoisotopic (exact) mass is 125 g/mol. The molecule has 0 atom stereocenters. The van der Waals surface area contributed by atoms with E-state index in [0.29, 0.717) is 6.42 Å². The topological polar surface area (TPSA) is 90.7 Å². The number of quaternary nitrogens is 1. The first-order chi connectivity index (χ1) is 3.06. The maximum Gasteiger partial charge on any atom is 0.177 e. The summed E-state index contributed by atoms with van der Waals surface area (Å²) in [5.41, 5.74) is 0. The Balaban J connectivity index is 0. The summed E-state index contributed by atoms with van der Waals surface area (Å²) in [4.78, 5) is -1.91. The van der Waals surface area contributed by atoms with Gasteiger partial charge in [-0.15, -0.1) is 15.6 Å². The van der Waals surface area contributed by atoms with Gasteiger partial charge in [-0.2, -0.15) is 0 Å². The van der Waals surface area contributed by atoms with Crippen molar-refractivity contribution in [3.8, 4) is 0 Å². The number of hydrogen-bond donors (Lipinski definition) is 3. The Morgan fingerprint density at radius 3 is 1.62 bits per heavy atom. The Labute approximate surface area is 47.2 Å². The van der Waals surface area contributed by atoms with Crippen LogP contribution < -0.4 is 0 Å². The molecular formula is C3H11NO4. The molecule has 0 aliphatic carbocycles. The highest BCUT2D eigenvalue weighted by Crippen LogP contribution is 1.88. The average Bonchev–Trinajstić information content (AvgIpc) is 1.30. The van der Waals surface area contributed by atoms with Gasteiger partial charge in [0, 0.05) is 6.42 Å². The fraction of sp³-hybridized carbons (Fsp3) is 1.00. The summed E-state index contributed by atoms with van der Waals surface area (Å²) in [6.07, 6.45) is 0.531. The van der Waals surface area contributed by atoms with E-state index in [0.717, 1.165) is 0 Å². The van der Waals surface area contributed by atoms with Crippen LogP contribution >= 0.6 is 0 Å². The second-order valence-electron chi connectivity index (χ2n) is 1.42. The molecule has 0 spiro atoms. The van der Waals surface area contributed by atoms with Crippen molar-refractivity contribution in [1.29, 1.82) is 0 Å². The molecule has 0 bridgehead atoms. The van der Waals surface area contributed by atoms with Gasteiger partial charge in [-0.1, -0.05) is 6.92 Å². The first kappa shape index (κ1) is 10.7. The van der Waals surface area contributed by atoms with Gasteiger partial charge in [0.05, 0.1) is 4.97 Å². The van der Waals surface area contributed by atoms with E-state index in [4.69, 9.17) is 15.6 Å². The Kier molecular flexibility index (Phi) is 5.04. The molecule has 52 valence electrons. The molecule has 0 heterocycles. The summed E-state index contributed by atoms with van der Waals surface area (Å²) in [6.45, 7) is 1.68. The van der Waals surface area contributed by atoms with Crippen LogP contribution in [0.2, 0.25) is 0 Å². The van der Waals surface area contributed by atoms with Gasteiger partial charge in [0.1, 0.15) is 0 Å². The number of rotatable bonds is 2. The minimum atomic E-state index is -1.91. The van der Waals surface area contributed by atoms with Crippen LogP contribution in [0.1, 0.15) is 13.3 Å². The normalized spacial score (nSPS) is 10.5. The van der Waals surface area contributed by atoms with Crippen molar-refractivity contribution in [1.82, 2.24) is 0 Å². The van der Waals surface area contributed by atoms with Crippen molar-refractivity contribution in [2.24, 2.45) is 0 Å². The predicted octanol–water partition coefficient (Wildman–Crippen LogP) is 0.204. The van der Waals surface area contributed by atoms with Crippen LogP contribution in [0, 0.1) is 0 Å². The zero-order valence-corrected chi connectivity index (χ0v) is 4.65. The van der Waals surface area contributed by atoms with Crippen molar-refractivity contribution in [2.75, 3.05) is 6.54 Å². The lowest BCUT2D eigenvalue weighted by molar-refractivity contribution is -1.37. The molecule has 0 amide bonds. The number of hydrogen-bond acceptors (Lipinski definition) is 4. The lowest BCUT2D eigenvalue weighted by Crippen LogP contribution is -2.37. The smallest absolute Gasteiger partial charge is 0.177 e. The first-order valence-electron chi connectivity index (χ1n) is 2.12. The fourth-order valence-corrected chi connectivity index (χ4v) is 0.300. The lowest BCUT2D eigenvalue weighted by Gasteiger charge is -2.08. The van der Waals surface area contributed by atoms with Crippen LogP contribution in [-0.2, 0) is 0 Å². The van der Waals surface area contributed by atoms with Crippen LogP contribution in [0.4, 0.5) is 0 Å². The molecule has 0 unspecified atom stereocenters. The maximum atomic E-state index is 8.07. The van der Waals surface area contributed by atoms with Crippen LogP contribution in [0.3, 0.4) is 0 Å². The molecule has 0 aromatic carbocycles. The van der Waals surface area contributed by atoms with E-state index >= 15 is 0 Å². The highest BCUT2D eigenvalue weighted by Gasteiger charge is 2.14. The molecule has 0 aliphatic rings. The molecule has 8 heavy (non-hydrogen) atoms. The summed E-state index contributed by atoms with van der Waals surface area (Å²) in [5.74, 6) is 0. The van der Waals surface area contributed by atoms with Gasteiger partial charge < -0.3 is 5.48 Å². The molecule has 4 N–H and O–H groups in total. The van der Waals surface area contributed by atoms with Gasteiger partial charge >= 0.3 is 0 Å². The summed E-state index contributed by atoms with van der Waals surface area (Å²) < 4.78 is 0. The second kappa shape index (κ2) is 3.76. The Morgan fingerprint density at radius 2 is 1.62 bits per heavy atom. The third-order valence-corrected chi connectivity index (χ3v) is 0.524. The van der Waals surface area contributed by atoms with Gasteiger partial charge in [0.2, 0.25) is 0 Å². The fourth-order valence-electron chi connectivity index (χ4n) is 0.300.